The maximum Gasteiger partial charge on any atom is 0.408 e. The summed E-state index contributed by atoms with van der Waals surface area (Å²) in [6.07, 6.45) is 0.556. The van der Waals surface area contributed by atoms with Crippen LogP contribution in [0, 0.1) is 12.7 Å². The van der Waals surface area contributed by atoms with Gasteiger partial charge in [0, 0.05) is 17.7 Å². The highest BCUT2D eigenvalue weighted by Crippen LogP contribution is 2.25. The molecule has 0 saturated carbocycles. The third-order valence-corrected chi connectivity index (χ3v) is 5.70. The molecule has 1 heterocycles. The van der Waals surface area contributed by atoms with Gasteiger partial charge in [0.2, 0.25) is 0 Å². The molecule has 0 saturated heterocycles. The molecule has 0 aliphatic rings. The fraction of sp³-hybridized carbons (Fsp3) is 0.172. The number of ether oxygens (including phenoxy) is 2. The lowest BCUT2D eigenvalue weighted by molar-refractivity contribution is -0.147. The van der Waals surface area contributed by atoms with Crippen LogP contribution in [0.2, 0.25) is 0 Å². The third-order valence-electron chi connectivity index (χ3n) is 5.70. The number of hydrogen-bond acceptors (Lipinski definition) is 7. The summed E-state index contributed by atoms with van der Waals surface area (Å²) in [7, 11) is 0. The molecule has 0 bridgehead atoms. The van der Waals surface area contributed by atoms with E-state index in [1.807, 2.05) is 12.1 Å². The summed E-state index contributed by atoms with van der Waals surface area (Å²) < 4.78 is 29.9. The van der Waals surface area contributed by atoms with E-state index < -0.39 is 29.8 Å². The summed E-state index contributed by atoms with van der Waals surface area (Å²) in [4.78, 5) is 38.2. The molecule has 1 atom stereocenters. The van der Waals surface area contributed by atoms with Gasteiger partial charge in [-0.1, -0.05) is 65.8 Å². The first kappa shape index (κ1) is 27.1. The Morgan fingerprint density at radius 1 is 0.923 bits per heavy atom. The van der Waals surface area contributed by atoms with Gasteiger partial charge in [0.15, 0.2) is 0 Å². The van der Waals surface area contributed by atoms with Crippen LogP contribution in [0.1, 0.15) is 27.2 Å². The van der Waals surface area contributed by atoms with E-state index in [2.05, 4.69) is 15.8 Å². The second-order valence-electron chi connectivity index (χ2n) is 8.59. The van der Waals surface area contributed by atoms with Crippen molar-refractivity contribution in [3.8, 4) is 11.1 Å². The number of nitrogens with zero attached hydrogens (tertiary/aromatic N) is 1. The maximum atomic E-state index is 14.3. The van der Waals surface area contributed by atoms with E-state index in [0.717, 1.165) is 17.2 Å². The quantitative estimate of drug-likeness (QED) is 0.288. The monoisotopic (exact) mass is 531 g/mol. The number of halogens is 1. The normalized spacial score (nSPS) is 11.3. The number of carbonyl (C=O) groups is 3. The van der Waals surface area contributed by atoms with Crippen molar-refractivity contribution in [2.24, 2.45) is 0 Å². The summed E-state index contributed by atoms with van der Waals surface area (Å²) in [5, 5.41) is 8.67. The molecule has 39 heavy (non-hydrogen) atoms. The van der Waals surface area contributed by atoms with Gasteiger partial charge < -0.3 is 24.6 Å². The first-order valence-electron chi connectivity index (χ1n) is 12.1. The maximum absolute atomic E-state index is 14.3. The SMILES string of the molecule is Cc1oncc1-c1cc(F)cc(C(=O)NC[C@@H](NC(=O)OCc2ccccc2)C(=O)OCc2ccccc2)c1. The number of aryl methyl sites for hydroxylation is 1. The Labute approximate surface area is 223 Å². The third kappa shape index (κ3) is 7.75. The highest BCUT2D eigenvalue weighted by atomic mass is 19.1. The van der Waals surface area contributed by atoms with Crippen LogP contribution >= 0.6 is 0 Å². The Balaban J connectivity index is 1.43. The van der Waals surface area contributed by atoms with Gasteiger partial charge in [-0.2, -0.15) is 0 Å². The molecule has 10 heteroatoms. The zero-order chi connectivity index (χ0) is 27.6. The van der Waals surface area contributed by atoms with Crippen molar-refractivity contribution in [1.29, 1.82) is 0 Å². The van der Waals surface area contributed by atoms with Crippen LogP contribution in [0.4, 0.5) is 9.18 Å². The van der Waals surface area contributed by atoms with Crippen molar-refractivity contribution in [3.05, 3.63) is 113 Å². The molecule has 4 aromatic rings. The Kier molecular flexibility index (Phi) is 9.02. The fourth-order valence-electron chi connectivity index (χ4n) is 3.68. The fourth-order valence-corrected chi connectivity index (χ4v) is 3.68. The highest BCUT2D eigenvalue weighted by molar-refractivity contribution is 5.96. The van der Waals surface area contributed by atoms with Crippen molar-refractivity contribution in [2.75, 3.05) is 6.54 Å². The number of rotatable bonds is 10. The first-order valence-corrected chi connectivity index (χ1v) is 12.1. The lowest BCUT2D eigenvalue weighted by Gasteiger charge is -2.18. The van der Waals surface area contributed by atoms with Crippen LogP contribution in [-0.2, 0) is 27.5 Å². The number of amides is 2. The molecule has 0 spiro atoms. The minimum atomic E-state index is -1.27. The smallest absolute Gasteiger partial charge is 0.408 e. The molecule has 4 rings (SSSR count). The largest absolute Gasteiger partial charge is 0.459 e. The zero-order valence-corrected chi connectivity index (χ0v) is 21.1. The number of alkyl carbamates (subject to hydrolysis) is 1. The number of nitrogens with one attached hydrogen (secondary N) is 2. The Morgan fingerprint density at radius 3 is 2.18 bits per heavy atom. The Bertz CT molecular complexity index is 1430. The van der Waals surface area contributed by atoms with Gasteiger partial charge in [-0.25, -0.2) is 14.0 Å². The van der Waals surface area contributed by atoms with Crippen molar-refractivity contribution >= 4 is 18.0 Å². The van der Waals surface area contributed by atoms with E-state index in [1.165, 1.54) is 18.3 Å². The van der Waals surface area contributed by atoms with Gasteiger partial charge in [0.1, 0.15) is 30.8 Å². The average molecular weight is 532 g/mol. The van der Waals surface area contributed by atoms with E-state index >= 15 is 0 Å². The van der Waals surface area contributed by atoms with Gasteiger partial charge >= 0.3 is 12.1 Å². The van der Waals surface area contributed by atoms with Gasteiger partial charge in [-0.05, 0) is 41.8 Å². The van der Waals surface area contributed by atoms with Gasteiger partial charge in [-0.15, -0.1) is 0 Å². The second-order valence-corrected chi connectivity index (χ2v) is 8.59. The number of carbonyl (C=O) groups excluding carboxylic acids is 3. The lowest BCUT2D eigenvalue weighted by atomic mass is 10.0. The predicted octanol–water partition coefficient (Wildman–Crippen LogP) is 4.56. The molecule has 200 valence electrons. The van der Waals surface area contributed by atoms with Crippen molar-refractivity contribution in [2.45, 2.75) is 26.2 Å². The van der Waals surface area contributed by atoms with Gasteiger partial charge in [0.25, 0.3) is 5.91 Å². The zero-order valence-electron chi connectivity index (χ0n) is 21.1. The summed E-state index contributed by atoms with van der Waals surface area (Å²) in [6.45, 7) is 1.29. The molecule has 3 aromatic carbocycles. The molecule has 0 fully saturated rings. The molecule has 9 nitrogen and oxygen atoms in total. The second kappa shape index (κ2) is 13.0. The molecule has 0 unspecified atom stereocenters. The Morgan fingerprint density at radius 2 is 1.56 bits per heavy atom. The van der Waals surface area contributed by atoms with E-state index in [0.29, 0.717) is 16.9 Å². The van der Waals surface area contributed by atoms with Crippen LogP contribution in [0.25, 0.3) is 11.1 Å². The molecule has 2 N–H and O–H groups in total. The number of aromatic nitrogens is 1. The molecule has 0 aliphatic carbocycles. The highest BCUT2D eigenvalue weighted by Gasteiger charge is 2.25. The summed E-state index contributed by atoms with van der Waals surface area (Å²) >= 11 is 0. The lowest BCUT2D eigenvalue weighted by Crippen LogP contribution is -2.49. The summed E-state index contributed by atoms with van der Waals surface area (Å²) in [6, 6.07) is 20.5. The molecule has 0 radical (unpaired) electrons. The van der Waals surface area contributed by atoms with Crippen LogP contribution in [0.15, 0.2) is 89.6 Å². The molecule has 0 aliphatic heterocycles. The molecule has 1 aromatic heterocycles. The van der Waals surface area contributed by atoms with Crippen molar-refractivity contribution in [3.63, 3.8) is 0 Å². The average Bonchev–Trinajstić information content (AvgIpc) is 3.39. The van der Waals surface area contributed by atoms with Crippen LogP contribution < -0.4 is 10.6 Å². The van der Waals surface area contributed by atoms with E-state index in [4.69, 9.17) is 14.0 Å². The van der Waals surface area contributed by atoms with E-state index in [1.54, 1.807) is 55.5 Å². The van der Waals surface area contributed by atoms with Crippen LogP contribution in [-0.4, -0.2) is 35.7 Å². The molecule has 2 amide bonds. The summed E-state index contributed by atoms with van der Waals surface area (Å²) in [5.41, 5.74) is 2.45. The van der Waals surface area contributed by atoms with Crippen LogP contribution in [0.5, 0.6) is 0 Å². The van der Waals surface area contributed by atoms with E-state index in [-0.39, 0.29) is 25.3 Å². The minimum absolute atomic E-state index is 0.00802. The van der Waals surface area contributed by atoms with Crippen molar-refractivity contribution < 1.29 is 32.8 Å². The Hall–Kier alpha value is -4.99. The van der Waals surface area contributed by atoms with Gasteiger partial charge in [-0.3, -0.25) is 4.79 Å². The first-order chi connectivity index (χ1) is 18.9. The van der Waals surface area contributed by atoms with Crippen molar-refractivity contribution in [1.82, 2.24) is 15.8 Å². The number of hydrogen-bond donors (Lipinski definition) is 2. The number of benzene rings is 3. The summed E-state index contributed by atoms with van der Waals surface area (Å²) in [5.74, 6) is -1.62. The standard InChI is InChI=1S/C29H26FN3O6/c1-19-25(15-32-39-19)22-12-23(14-24(30)13-22)27(34)31-16-26(28(35)37-17-20-8-4-2-5-9-20)33-29(36)38-18-21-10-6-3-7-11-21/h2-15,26H,16-18H2,1H3,(H,31,34)(H,33,36)/t26-/m1/s1. The number of esters is 1. The minimum Gasteiger partial charge on any atom is -0.459 e. The van der Waals surface area contributed by atoms with Gasteiger partial charge in [0.05, 0.1) is 6.20 Å². The predicted molar refractivity (Wildman–Crippen MR) is 139 cm³/mol. The molecular weight excluding hydrogens is 505 g/mol. The van der Waals surface area contributed by atoms with Crippen LogP contribution in [0.3, 0.4) is 0 Å². The van der Waals surface area contributed by atoms with E-state index in [9.17, 15) is 18.8 Å². The topological polar surface area (TPSA) is 120 Å². The molecular formula is C29H26FN3O6.